The summed E-state index contributed by atoms with van der Waals surface area (Å²) in [7, 11) is -4.40. The van der Waals surface area contributed by atoms with E-state index >= 15 is 0 Å². The van der Waals surface area contributed by atoms with Crippen LogP contribution in [0.1, 0.15) is 12.8 Å². The van der Waals surface area contributed by atoms with Crippen molar-refractivity contribution in [2.45, 2.75) is 23.8 Å². The summed E-state index contributed by atoms with van der Waals surface area (Å²) in [5.74, 6) is -1.91. The third-order valence-corrected chi connectivity index (χ3v) is 5.36. The van der Waals surface area contributed by atoms with Gasteiger partial charge in [-0.15, -0.1) is 0 Å². The van der Waals surface area contributed by atoms with E-state index in [2.05, 4.69) is 20.4 Å². The highest BCUT2D eigenvalue weighted by Gasteiger charge is 2.22. The maximum Gasteiger partial charge on any atom is 0.241 e. The van der Waals surface area contributed by atoms with Gasteiger partial charge in [-0.05, 0) is 32.0 Å². The number of fused-ring (bicyclic) bond motifs is 1. The molecular weight excluding hydrogens is 394 g/mol. The van der Waals surface area contributed by atoms with Crippen LogP contribution >= 0.6 is 0 Å². The number of hydrogen-bond acceptors (Lipinski definition) is 7. The summed E-state index contributed by atoms with van der Waals surface area (Å²) in [5, 5.41) is 12.6. The normalized spacial score (nSPS) is 15.8. The lowest BCUT2D eigenvalue weighted by Crippen LogP contribution is -2.34. The van der Waals surface area contributed by atoms with Crippen molar-refractivity contribution in [3.05, 3.63) is 36.3 Å². The molecule has 3 N–H and O–H groups in total. The summed E-state index contributed by atoms with van der Waals surface area (Å²) < 4.78 is 58.4. The average molecular weight is 410 g/mol. The zero-order chi connectivity index (χ0) is 19.9. The second kappa shape index (κ2) is 7.04. The molecule has 28 heavy (non-hydrogen) atoms. The predicted octanol–water partition coefficient (Wildman–Crippen LogP) is 0.872. The van der Waals surface area contributed by atoms with Crippen LogP contribution in [0.4, 0.5) is 8.78 Å². The van der Waals surface area contributed by atoms with E-state index in [0.717, 1.165) is 30.6 Å². The van der Waals surface area contributed by atoms with E-state index in [0.29, 0.717) is 23.4 Å². The maximum atomic E-state index is 14.5. The van der Waals surface area contributed by atoms with Gasteiger partial charge in [0.25, 0.3) is 0 Å². The van der Waals surface area contributed by atoms with Crippen LogP contribution in [0.3, 0.4) is 0 Å². The molecule has 0 saturated carbocycles. The lowest BCUT2D eigenvalue weighted by atomic mass is 10.1. The smallest absolute Gasteiger partial charge is 0.241 e. The second-order valence-corrected chi connectivity index (χ2v) is 7.85. The number of piperidine rings is 1. The first-order valence-corrected chi connectivity index (χ1v) is 9.97. The van der Waals surface area contributed by atoms with Gasteiger partial charge in [-0.25, -0.2) is 37.0 Å². The van der Waals surface area contributed by atoms with Gasteiger partial charge >= 0.3 is 0 Å². The third-order valence-electron chi connectivity index (χ3n) is 4.43. The highest BCUT2D eigenvalue weighted by molar-refractivity contribution is 7.89. The van der Waals surface area contributed by atoms with Gasteiger partial charge in [-0.2, -0.15) is 5.10 Å². The van der Waals surface area contributed by atoms with E-state index in [4.69, 9.17) is 9.88 Å². The Balaban J connectivity index is 1.76. The molecule has 1 aliphatic rings. The zero-order valence-corrected chi connectivity index (χ0v) is 15.3. The van der Waals surface area contributed by atoms with Crippen LogP contribution in [0.5, 0.6) is 5.88 Å². The van der Waals surface area contributed by atoms with Gasteiger partial charge in [-0.1, -0.05) is 0 Å². The minimum absolute atomic E-state index is 0.0223. The number of nitrogens with one attached hydrogen (secondary N) is 1. The van der Waals surface area contributed by atoms with Crippen LogP contribution in [-0.2, 0) is 10.0 Å². The molecule has 3 heterocycles. The Morgan fingerprint density at radius 3 is 2.64 bits per heavy atom. The first-order chi connectivity index (χ1) is 13.3. The van der Waals surface area contributed by atoms with Gasteiger partial charge < -0.3 is 10.1 Å². The second-order valence-electron chi connectivity index (χ2n) is 6.32. The Hall–Kier alpha value is -2.70. The monoisotopic (exact) mass is 410 g/mol. The summed E-state index contributed by atoms with van der Waals surface area (Å²) >= 11 is 0. The topological polar surface area (TPSA) is 125 Å². The molecule has 12 heteroatoms. The molecule has 1 aromatic carbocycles. The van der Waals surface area contributed by atoms with Crippen molar-refractivity contribution < 1.29 is 21.9 Å². The highest BCUT2D eigenvalue weighted by Crippen LogP contribution is 2.28. The molecule has 2 aromatic heterocycles. The van der Waals surface area contributed by atoms with E-state index in [1.807, 2.05) is 0 Å². The van der Waals surface area contributed by atoms with Crippen molar-refractivity contribution in [2.75, 3.05) is 13.1 Å². The van der Waals surface area contributed by atoms with Crippen molar-refractivity contribution in [2.24, 2.45) is 5.14 Å². The number of halogens is 2. The van der Waals surface area contributed by atoms with E-state index in [9.17, 15) is 17.2 Å². The molecule has 0 unspecified atom stereocenters. The van der Waals surface area contributed by atoms with Gasteiger partial charge in [0, 0.05) is 6.07 Å². The number of aromatic nitrogens is 4. The molecule has 0 radical (unpaired) electrons. The fourth-order valence-corrected chi connectivity index (χ4v) is 3.66. The van der Waals surface area contributed by atoms with Crippen LogP contribution in [0.25, 0.3) is 16.7 Å². The summed E-state index contributed by atoms with van der Waals surface area (Å²) in [6.07, 6.45) is 4.23. The third kappa shape index (κ3) is 3.41. The van der Waals surface area contributed by atoms with Crippen molar-refractivity contribution in [3.8, 4) is 11.6 Å². The van der Waals surface area contributed by atoms with E-state index < -0.39 is 26.6 Å². The maximum absolute atomic E-state index is 14.5. The van der Waals surface area contributed by atoms with Crippen LogP contribution in [0, 0.1) is 11.6 Å². The van der Waals surface area contributed by atoms with Gasteiger partial charge in [0.05, 0.1) is 6.20 Å². The number of nitrogens with two attached hydrogens (primary N) is 1. The quantitative estimate of drug-likeness (QED) is 0.654. The standard InChI is InChI=1S/C16H16F2N6O3S/c17-11-6-14(28(19,25)26)12(18)5-13(11)24-15-10(7-23-24)16(22-8-21-15)27-9-1-3-20-4-2-9/h5-9,20H,1-4H2,(H2,19,25,26). The SMILES string of the molecule is NS(=O)(=O)c1cc(F)c(-n2ncc3c(OC4CCNCC4)ncnc32)cc1F. The Labute approximate surface area is 158 Å². The van der Waals surface area contributed by atoms with E-state index in [1.165, 1.54) is 12.5 Å². The Bertz CT molecular complexity index is 1140. The summed E-state index contributed by atoms with van der Waals surface area (Å²) in [6.45, 7) is 1.66. The van der Waals surface area contributed by atoms with Crippen molar-refractivity contribution in [1.29, 1.82) is 0 Å². The number of ether oxygens (including phenoxy) is 1. The first kappa shape index (κ1) is 18.7. The molecule has 9 nitrogen and oxygen atoms in total. The summed E-state index contributed by atoms with van der Waals surface area (Å²) in [5.41, 5.74) is -0.119. The van der Waals surface area contributed by atoms with Gasteiger partial charge in [0.1, 0.15) is 34.2 Å². The fraction of sp³-hybridized carbons (Fsp3) is 0.312. The molecule has 0 spiro atoms. The van der Waals surface area contributed by atoms with Crippen LogP contribution in [0.2, 0.25) is 0 Å². The number of primary sulfonamides is 1. The molecule has 1 fully saturated rings. The Morgan fingerprint density at radius 2 is 1.93 bits per heavy atom. The lowest BCUT2D eigenvalue weighted by molar-refractivity contribution is 0.158. The van der Waals surface area contributed by atoms with Gasteiger partial charge in [0.2, 0.25) is 15.9 Å². The molecule has 0 atom stereocenters. The highest BCUT2D eigenvalue weighted by atomic mass is 32.2. The van der Waals surface area contributed by atoms with Crippen LogP contribution in [-0.4, -0.2) is 47.4 Å². The average Bonchev–Trinajstić information content (AvgIpc) is 3.08. The van der Waals surface area contributed by atoms with Crippen molar-refractivity contribution in [3.63, 3.8) is 0 Å². The predicted molar refractivity (Wildman–Crippen MR) is 94.5 cm³/mol. The molecule has 148 valence electrons. The Kier molecular flexibility index (Phi) is 4.69. The molecule has 0 bridgehead atoms. The number of nitrogens with zero attached hydrogens (tertiary/aromatic N) is 4. The zero-order valence-electron chi connectivity index (χ0n) is 14.5. The summed E-state index contributed by atoms with van der Waals surface area (Å²) in [6, 6.07) is 1.22. The molecule has 0 amide bonds. The molecule has 1 saturated heterocycles. The minimum Gasteiger partial charge on any atom is -0.474 e. The number of hydrogen-bond donors (Lipinski definition) is 2. The van der Waals surface area contributed by atoms with Crippen LogP contribution < -0.4 is 15.2 Å². The largest absolute Gasteiger partial charge is 0.474 e. The van der Waals surface area contributed by atoms with E-state index in [-0.39, 0.29) is 17.4 Å². The molecule has 0 aliphatic carbocycles. The summed E-state index contributed by atoms with van der Waals surface area (Å²) in [4.78, 5) is 7.27. The van der Waals surface area contributed by atoms with Crippen LogP contribution in [0.15, 0.2) is 29.6 Å². The molecular formula is C16H16F2N6O3S. The van der Waals surface area contributed by atoms with Crippen molar-refractivity contribution >= 4 is 21.1 Å². The first-order valence-electron chi connectivity index (χ1n) is 8.43. The molecule has 4 rings (SSSR count). The molecule has 3 aromatic rings. The molecule has 1 aliphatic heterocycles. The lowest BCUT2D eigenvalue weighted by Gasteiger charge is -2.23. The minimum atomic E-state index is -4.40. The van der Waals surface area contributed by atoms with Crippen molar-refractivity contribution in [1.82, 2.24) is 25.1 Å². The van der Waals surface area contributed by atoms with E-state index in [1.54, 1.807) is 0 Å². The number of benzene rings is 1. The number of sulfonamides is 1. The Morgan fingerprint density at radius 1 is 1.18 bits per heavy atom. The number of rotatable bonds is 4. The fourth-order valence-electron chi connectivity index (χ4n) is 3.06. The van der Waals surface area contributed by atoms with Gasteiger partial charge in [0.15, 0.2) is 11.5 Å². The van der Waals surface area contributed by atoms with Gasteiger partial charge in [-0.3, -0.25) is 0 Å².